The second kappa shape index (κ2) is 9.05. The summed E-state index contributed by atoms with van der Waals surface area (Å²) < 4.78 is 5.58. The molecular weight excluding hydrogens is 515 g/mol. The van der Waals surface area contributed by atoms with E-state index in [-0.39, 0.29) is 17.6 Å². The number of carbonyl (C=O) groups excluding carboxylic acids is 1. The molecule has 10 atom stereocenters. The highest BCUT2D eigenvalue weighted by Crippen LogP contribution is 2.68. The van der Waals surface area contributed by atoms with Gasteiger partial charge < -0.3 is 13.3 Å². The Hall–Kier alpha value is 0.280. The van der Waals surface area contributed by atoms with Crippen LogP contribution in [-0.2, 0) is 7.86 Å². The molecule has 0 aromatic rings. The summed E-state index contributed by atoms with van der Waals surface area (Å²) >= 11 is 1.93. The lowest BCUT2D eigenvalue weighted by molar-refractivity contribution is -0.169. The number of rotatable bonds is 6. The van der Waals surface area contributed by atoms with Crippen LogP contribution in [0.4, 0.5) is 0 Å². The van der Waals surface area contributed by atoms with Gasteiger partial charge in [-0.25, -0.2) is 0 Å². The molecular formula is C27H45IO4. The third-order valence-corrected chi connectivity index (χ3v) is 11.7. The van der Waals surface area contributed by atoms with E-state index in [4.69, 9.17) is 3.07 Å². The molecule has 4 rings (SSSR count). The smallest absolute Gasteiger partial charge is 0.133 e. The van der Waals surface area contributed by atoms with Crippen LogP contribution in [0.2, 0.25) is 0 Å². The fraction of sp³-hybridized carbons (Fsp3) is 0.963. The molecule has 4 saturated carbocycles. The first-order valence-corrected chi connectivity index (χ1v) is 14.0. The maximum Gasteiger partial charge on any atom is 0.133 e. The van der Waals surface area contributed by atoms with Crippen LogP contribution in [0.5, 0.6) is 0 Å². The van der Waals surface area contributed by atoms with Crippen molar-refractivity contribution in [3.8, 4) is 0 Å². The molecule has 0 amide bonds. The third-order valence-electron chi connectivity index (χ3n) is 11.0. The molecule has 4 fully saturated rings. The number of hydrogen-bond donors (Lipinski definition) is 2. The van der Waals surface area contributed by atoms with Gasteiger partial charge in [0.1, 0.15) is 28.8 Å². The van der Waals surface area contributed by atoms with Crippen LogP contribution in [0.1, 0.15) is 98.8 Å². The summed E-state index contributed by atoms with van der Waals surface area (Å²) in [6.07, 6.45) is 9.84. The van der Waals surface area contributed by atoms with Gasteiger partial charge in [-0.15, -0.1) is 0 Å². The first-order chi connectivity index (χ1) is 14.9. The molecule has 4 nitrogen and oxygen atoms in total. The van der Waals surface area contributed by atoms with Crippen LogP contribution in [0.25, 0.3) is 0 Å². The zero-order valence-corrected chi connectivity index (χ0v) is 22.9. The molecule has 0 radical (unpaired) electrons. The zero-order chi connectivity index (χ0) is 23.5. The molecule has 0 aliphatic heterocycles. The normalized spacial score (nSPS) is 46.2. The van der Waals surface area contributed by atoms with Crippen molar-refractivity contribution in [2.45, 2.75) is 117 Å². The third kappa shape index (κ3) is 4.24. The summed E-state index contributed by atoms with van der Waals surface area (Å²) in [5, 5.41) is 21.8. The highest BCUT2D eigenvalue weighted by molar-refractivity contribution is 14.1. The van der Waals surface area contributed by atoms with Crippen LogP contribution in [0.15, 0.2) is 0 Å². The van der Waals surface area contributed by atoms with Gasteiger partial charge in [-0.2, -0.15) is 0 Å². The maximum absolute atomic E-state index is 12.2. The largest absolute Gasteiger partial charge is 0.393 e. The molecule has 0 aromatic heterocycles. The molecule has 0 aromatic carbocycles. The molecule has 0 bridgehead atoms. The molecule has 5 heteroatoms. The first-order valence-electron chi connectivity index (χ1n) is 13.1. The summed E-state index contributed by atoms with van der Waals surface area (Å²) in [6, 6.07) is 0. The monoisotopic (exact) mass is 560 g/mol. The lowest BCUT2D eigenvalue weighted by Crippen LogP contribution is -2.58. The van der Waals surface area contributed by atoms with Crippen molar-refractivity contribution in [2.75, 3.05) is 0 Å². The molecule has 4 aliphatic rings. The Labute approximate surface area is 209 Å². The molecule has 4 aliphatic carbocycles. The van der Waals surface area contributed by atoms with Gasteiger partial charge in [0.05, 0.1) is 17.8 Å². The average Bonchev–Trinajstić information content (AvgIpc) is 3.06. The van der Waals surface area contributed by atoms with Crippen molar-refractivity contribution in [3.63, 3.8) is 0 Å². The van der Waals surface area contributed by atoms with Crippen molar-refractivity contribution in [1.82, 2.24) is 0 Å². The molecule has 0 heterocycles. The lowest BCUT2D eigenvalue weighted by Gasteiger charge is -2.62. The minimum atomic E-state index is -0.819. The maximum atomic E-state index is 12.2. The van der Waals surface area contributed by atoms with Gasteiger partial charge in [0.2, 0.25) is 0 Å². The van der Waals surface area contributed by atoms with Crippen LogP contribution >= 0.6 is 23.0 Å². The van der Waals surface area contributed by atoms with E-state index < -0.39 is 5.60 Å². The van der Waals surface area contributed by atoms with Gasteiger partial charge in [-0.1, -0.05) is 20.8 Å². The highest BCUT2D eigenvalue weighted by atomic mass is 127. The number of ketones is 1. The standard InChI is InChI=1S/C27H45IO4/c1-16(6-9-23(32-28)25(2,3)31)19-7-8-20-24-21(11-13-27(19,20)5)26(4)12-10-18(29)14-17(26)15-22(24)30/h16-17,19-24,30-31H,6-15H2,1-5H3. The van der Waals surface area contributed by atoms with Crippen molar-refractivity contribution in [2.24, 2.45) is 46.3 Å². The molecule has 184 valence electrons. The van der Waals surface area contributed by atoms with Gasteiger partial charge in [0, 0.05) is 12.8 Å². The second-order valence-electron chi connectivity index (χ2n) is 13.1. The van der Waals surface area contributed by atoms with Crippen LogP contribution in [0.3, 0.4) is 0 Å². The Kier molecular flexibility index (Phi) is 7.18. The quantitative estimate of drug-likeness (QED) is 0.385. The van der Waals surface area contributed by atoms with Crippen LogP contribution < -0.4 is 0 Å². The fourth-order valence-electron chi connectivity index (χ4n) is 9.11. The molecule has 32 heavy (non-hydrogen) atoms. The Morgan fingerprint density at radius 1 is 1.12 bits per heavy atom. The number of halogens is 1. The Bertz CT molecular complexity index is 704. The fourth-order valence-corrected chi connectivity index (χ4v) is 9.99. The van der Waals surface area contributed by atoms with Gasteiger partial charge in [0.25, 0.3) is 0 Å². The number of aliphatic hydroxyl groups excluding tert-OH is 1. The second-order valence-corrected chi connectivity index (χ2v) is 13.6. The van der Waals surface area contributed by atoms with E-state index in [0.29, 0.717) is 53.1 Å². The lowest BCUT2D eigenvalue weighted by atomic mass is 9.44. The summed E-state index contributed by atoms with van der Waals surface area (Å²) in [5.41, 5.74) is -0.286. The topological polar surface area (TPSA) is 66.8 Å². The van der Waals surface area contributed by atoms with E-state index in [1.165, 1.54) is 25.7 Å². The zero-order valence-electron chi connectivity index (χ0n) is 20.8. The van der Waals surface area contributed by atoms with E-state index in [9.17, 15) is 15.0 Å². The van der Waals surface area contributed by atoms with Crippen molar-refractivity contribution in [3.05, 3.63) is 0 Å². The number of hydrogen-bond acceptors (Lipinski definition) is 4. The number of Topliss-reactive ketones (excluding diaryl/α,β-unsaturated/α-hetero) is 1. The van der Waals surface area contributed by atoms with E-state index in [1.54, 1.807) is 0 Å². The van der Waals surface area contributed by atoms with Crippen molar-refractivity contribution < 1.29 is 18.1 Å². The van der Waals surface area contributed by atoms with Crippen molar-refractivity contribution in [1.29, 1.82) is 0 Å². The average molecular weight is 561 g/mol. The van der Waals surface area contributed by atoms with Gasteiger partial charge in [0.15, 0.2) is 0 Å². The van der Waals surface area contributed by atoms with Crippen LogP contribution in [-0.4, -0.2) is 33.8 Å². The molecule has 0 saturated heterocycles. The Balaban J connectivity index is 1.49. The predicted octanol–water partition coefficient (Wildman–Crippen LogP) is 6.11. The molecule has 0 spiro atoms. The summed E-state index contributed by atoms with van der Waals surface area (Å²) in [5.74, 6) is 3.64. The number of aliphatic hydroxyl groups is 2. The SMILES string of the molecule is CC(CCC(OI)C(C)(C)O)C1CCC2C3C(O)CC4CC(=O)CCC4(C)C3CCC12C. The van der Waals surface area contributed by atoms with E-state index in [2.05, 4.69) is 20.8 Å². The molecule has 10 unspecified atom stereocenters. The van der Waals surface area contributed by atoms with Gasteiger partial charge in [-0.3, -0.25) is 4.79 Å². The summed E-state index contributed by atoms with van der Waals surface area (Å²) in [4.78, 5) is 12.2. The van der Waals surface area contributed by atoms with E-state index in [0.717, 1.165) is 32.1 Å². The summed E-state index contributed by atoms with van der Waals surface area (Å²) in [7, 11) is 0. The minimum absolute atomic E-state index is 0.141. The van der Waals surface area contributed by atoms with Crippen molar-refractivity contribution >= 4 is 28.8 Å². The number of carbonyl (C=O) groups is 1. The molecule has 2 N–H and O–H groups in total. The number of fused-ring (bicyclic) bond motifs is 5. The van der Waals surface area contributed by atoms with E-state index in [1.807, 2.05) is 36.9 Å². The van der Waals surface area contributed by atoms with Gasteiger partial charge >= 0.3 is 0 Å². The minimum Gasteiger partial charge on any atom is -0.393 e. The van der Waals surface area contributed by atoms with Crippen LogP contribution in [0, 0.1) is 46.3 Å². The predicted molar refractivity (Wildman–Crippen MR) is 135 cm³/mol. The van der Waals surface area contributed by atoms with E-state index >= 15 is 0 Å². The summed E-state index contributed by atoms with van der Waals surface area (Å²) in [6.45, 7) is 11.1. The Morgan fingerprint density at radius 2 is 1.81 bits per heavy atom. The Morgan fingerprint density at radius 3 is 2.47 bits per heavy atom. The highest BCUT2D eigenvalue weighted by Gasteiger charge is 2.62. The first kappa shape index (κ1) is 25.4. The van der Waals surface area contributed by atoms with Gasteiger partial charge in [-0.05, 0) is 112 Å².